The van der Waals surface area contributed by atoms with Gasteiger partial charge in [-0.1, -0.05) is 11.6 Å². The Labute approximate surface area is 106 Å². The van der Waals surface area contributed by atoms with Crippen molar-refractivity contribution in [3.05, 3.63) is 27.6 Å². The van der Waals surface area contributed by atoms with Crippen molar-refractivity contribution >= 4 is 32.4 Å². The van der Waals surface area contributed by atoms with Crippen molar-refractivity contribution in [2.75, 3.05) is 18.6 Å². The molecule has 0 aromatic carbocycles. The maximum atomic E-state index is 11.7. The van der Waals surface area contributed by atoms with Crippen molar-refractivity contribution in [1.82, 2.24) is 9.71 Å². The Bertz CT molecular complexity index is 581. The van der Waals surface area contributed by atoms with Crippen LogP contribution in [0.25, 0.3) is 0 Å². The third kappa shape index (κ3) is 4.23. The molecule has 0 aliphatic heterocycles. The van der Waals surface area contributed by atoms with Gasteiger partial charge in [0.05, 0.1) is 4.90 Å². The van der Waals surface area contributed by atoms with E-state index in [1.165, 1.54) is 6.26 Å². The van der Waals surface area contributed by atoms with Crippen molar-refractivity contribution in [3.63, 3.8) is 0 Å². The maximum Gasteiger partial charge on any atom is 0.266 e. The Balaban J connectivity index is 2.86. The van der Waals surface area contributed by atoms with Gasteiger partial charge in [0.25, 0.3) is 5.56 Å². The molecule has 0 radical (unpaired) electrons. The molecule has 0 fully saturated rings. The minimum atomic E-state index is -3.73. The molecule has 0 aliphatic rings. The van der Waals surface area contributed by atoms with Gasteiger partial charge in [0.2, 0.25) is 10.0 Å². The van der Waals surface area contributed by atoms with Gasteiger partial charge in [0, 0.05) is 35.5 Å². The van der Waals surface area contributed by atoms with Gasteiger partial charge >= 0.3 is 0 Å². The van der Waals surface area contributed by atoms with Crippen LogP contribution in [0.5, 0.6) is 0 Å². The van der Waals surface area contributed by atoms with Crippen LogP contribution in [0.4, 0.5) is 0 Å². The summed E-state index contributed by atoms with van der Waals surface area (Å²) in [6.07, 6.45) is 2.53. The summed E-state index contributed by atoms with van der Waals surface area (Å²) in [6.45, 7) is 0.0577. The molecule has 0 saturated carbocycles. The van der Waals surface area contributed by atoms with Crippen LogP contribution >= 0.6 is 11.6 Å². The minimum absolute atomic E-state index is 0.0577. The van der Waals surface area contributed by atoms with E-state index in [9.17, 15) is 17.4 Å². The number of sulfonamides is 1. The highest BCUT2D eigenvalue weighted by Gasteiger charge is 2.15. The smallest absolute Gasteiger partial charge is 0.266 e. The van der Waals surface area contributed by atoms with Gasteiger partial charge in [-0.25, -0.2) is 13.1 Å². The molecule has 1 rings (SSSR count). The standard InChI is InChI=1S/C8H11ClN2O4S2/c1-16(13)3-2-11-17(14,15)6-4-7(9)8(12)10-5-6/h4-5,11H,2-3H2,1H3,(H,10,12). The quantitative estimate of drug-likeness (QED) is 0.779. The largest absolute Gasteiger partial charge is 0.326 e. The fraction of sp³-hybridized carbons (Fsp3) is 0.375. The van der Waals surface area contributed by atoms with E-state index in [4.69, 9.17) is 11.6 Å². The summed E-state index contributed by atoms with van der Waals surface area (Å²) in [7, 11) is -4.81. The van der Waals surface area contributed by atoms with Crippen LogP contribution in [0.1, 0.15) is 0 Å². The van der Waals surface area contributed by atoms with Gasteiger partial charge in [0.1, 0.15) is 5.02 Å². The number of pyridine rings is 1. The first kappa shape index (κ1) is 14.4. The third-order valence-electron chi connectivity index (χ3n) is 1.82. The number of nitrogens with one attached hydrogen (secondary N) is 2. The van der Waals surface area contributed by atoms with Crippen molar-refractivity contribution in [2.24, 2.45) is 0 Å². The van der Waals surface area contributed by atoms with E-state index in [1.807, 2.05) is 0 Å². The lowest BCUT2D eigenvalue weighted by molar-refractivity contribution is 0.583. The van der Waals surface area contributed by atoms with E-state index < -0.39 is 26.4 Å². The molecule has 1 unspecified atom stereocenters. The molecule has 9 heteroatoms. The van der Waals surface area contributed by atoms with Gasteiger partial charge in [-0.3, -0.25) is 9.00 Å². The highest BCUT2D eigenvalue weighted by molar-refractivity contribution is 7.89. The second kappa shape index (κ2) is 5.76. The molecule has 0 amide bonds. The molecule has 0 saturated heterocycles. The molecule has 0 aliphatic carbocycles. The predicted molar refractivity (Wildman–Crippen MR) is 66.2 cm³/mol. The van der Waals surface area contributed by atoms with Crippen LogP contribution in [0, 0.1) is 0 Å². The molecule has 6 nitrogen and oxygen atoms in total. The minimum Gasteiger partial charge on any atom is -0.326 e. The third-order valence-corrected chi connectivity index (χ3v) is 4.32. The number of aromatic amines is 1. The van der Waals surface area contributed by atoms with E-state index in [-0.39, 0.29) is 22.2 Å². The Kier molecular flexibility index (Phi) is 4.87. The van der Waals surface area contributed by atoms with Gasteiger partial charge in [0.15, 0.2) is 0 Å². The number of aromatic nitrogens is 1. The molecular formula is C8H11ClN2O4S2. The SMILES string of the molecule is CS(=O)CCNS(=O)(=O)c1c[nH]c(=O)c(Cl)c1. The normalized spacial score (nSPS) is 13.5. The van der Waals surface area contributed by atoms with Crippen LogP contribution in [0.3, 0.4) is 0 Å². The van der Waals surface area contributed by atoms with E-state index in [1.54, 1.807) is 0 Å². The molecule has 2 N–H and O–H groups in total. The van der Waals surface area contributed by atoms with Crippen LogP contribution in [0.2, 0.25) is 5.02 Å². The Hall–Kier alpha value is -0.700. The number of H-pyrrole nitrogens is 1. The molecule has 1 atom stereocenters. The lowest BCUT2D eigenvalue weighted by atomic mass is 10.5. The Morgan fingerprint density at radius 1 is 1.53 bits per heavy atom. The zero-order valence-electron chi connectivity index (χ0n) is 8.90. The molecule has 1 heterocycles. The van der Waals surface area contributed by atoms with Gasteiger partial charge in [-0.05, 0) is 6.07 Å². The van der Waals surface area contributed by atoms with Crippen molar-refractivity contribution in [1.29, 1.82) is 0 Å². The predicted octanol–water partition coefficient (Wildman–Crippen LogP) is -0.315. The van der Waals surface area contributed by atoms with Crippen molar-refractivity contribution in [3.8, 4) is 0 Å². The van der Waals surface area contributed by atoms with Crippen LogP contribution in [0.15, 0.2) is 22.0 Å². The molecule has 0 spiro atoms. The first-order valence-electron chi connectivity index (χ1n) is 4.51. The molecule has 1 aromatic heterocycles. The number of halogens is 1. The summed E-state index contributed by atoms with van der Waals surface area (Å²) < 4.78 is 36.4. The first-order chi connectivity index (χ1) is 7.83. The molecule has 96 valence electrons. The fourth-order valence-electron chi connectivity index (χ4n) is 0.996. The molecule has 1 aromatic rings. The van der Waals surface area contributed by atoms with Crippen molar-refractivity contribution in [2.45, 2.75) is 4.90 Å². The number of rotatable bonds is 5. The fourth-order valence-corrected chi connectivity index (χ4v) is 2.78. The lowest BCUT2D eigenvalue weighted by Gasteiger charge is -2.05. The average molecular weight is 299 g/mol. The number of hydrogen-bond acceptors (Lipinski definition) is 4. The van der Waals surface area contributed by atoms with Gasteiger partial charge < -0.3 is 4.98 Å². The van der Waals surface area contributed by atoms with Gasteiger partial charge in [-0.2, -0.15) is 0 Å². The summed E-state index contributed by atoms with van der Waals surface area (Å²) in [4.78, 5) is 13.0. The maximum absolute atomic E-state index is 11.7. The van der Waals surface area contributed by atoms with Crippen LogP contribution in [-0.4, -0.2) is 36.2 Å². The molecule has 0 bridgehead atoms. The monoisotopic (exact) mass is 298 g/mol. The van der Waals surface area contributed by atoms with Crippen LogP contribution in [-0.2, 0) is 20.8 Å². The highest BCUT2D eigenvalue weighted by atomic mass is 35.5. The summed E-state index contributed by atoms with van der Waals surface area (Å²) in [5, 5.41) is -0.202. The molecule has 17 heavy (non-hydrogen) atoms. The van der Waals surface area contributed by atoms with Crippen LogP contribution < -0.4 is 10.3 Å². The zero-order chi connectivity index (χ0) is 13.1. The summed E-state index contributed by atoms with van der Waals surface area (Å²) in [5.41, 5.74) is -0.555. The van der Waals surface area contributed by atoms with E-state index in [2.05, 4.69) is 9.71 Å². The zero-order valence-corrected chi connectivity index (χ0v) is 11.3. The Morgan fingerprint density at radius 3 is 2.71 bits per heavy atom. The van der Waals surface area contributed by atoms with E-state index in [0.717, 1.165) is 12.3 Å². The topological polar surface area (TPSA) is 96.1 Å². The summed E-state index contributed by atoms with van der Waals surface area (Å²) >= 11 is 5.52. The second-order valence-electron chi connectivity index (χ2n) is 3.19. The highest BCUT2D eigenvalue weighted by Crippen LogP contribution is 2.09. The average Bonchev–Trinajstić information content (AvgIpc) is 2.21. The van der Waals surface area contributed by atoms with Crippen molar-refractivity contribution < 1.29 is 12.6 Å². The van der Waals surface area contributed by atoms with E-state index in [0.29, 0.717) is 0 Å². The number of hydrogen-bond donors (Lipinski definition) is 2. The molecular weight excluding hydrogens is 288 g/mol. The van der Waals surface area contributed by atoms with E-state index >= 15 is 0 Å². The summed E-state index contributed by atoms with van der Waals surface area (Å²) in [5.74, 6) is 0.219. The second-order valence-corrected chi connectivity index (χ2v) is 6.92. The van der Waals surface area contributed by atoms with Gasteiger partial charge in [-0.15, -0.1) is 0 Å². The summed E-state index contributed by atoms with van der Waals surface area (Å²) in [6, 6.07) is 1.06. The first-order valence-corrected chi connectivity index (χ1v) is 8.09. The lowest BCUT2D eigenvalue weighted by Crippen LogP contribution is -2.28. The Morgan fingerprint density at radius 2 is 2.18 bits per heavy atom.